The Balaban J connectivity index is 1.89. The summed E-state index contributed by atoms with van der Waals surface area (Å²) < 4.78 is 20.9. The number of nitrogens with zero attached hydrogens (tertiary/aromatic N) is 1. The number of rotatable bonds is 4. The Kier molecular flexibility index (Phi) is 3.65. The second-order valence-corrected chi connectivity index (χ2v) is 5.20. The van der Waals surface area contributed by atoms with Crippen molar-refractivity contribution in [1.82, 2.24) is 4.57 Å². The summed E-state index contributed by atoms with van der Waals surface area (Å²) in [6.07, 6.45) is 2.13. The summed E-state index contributed by atoms with van der Waals surface area (Å²) in [6.45, 7) is 5.63. The van der Waals surface area contributed by atoms with Crippen LogP contribution in [0.25, 0.3) is 10.9 Å². The van der Waals surface area contributed by atoms with Crippen molar-refractivity contribution < 1.29 is 9.13 Å². The van der Waals surface area contributed by atoms with Crippen LogP contribution < -0.4 is 4.74 Å². The molecular formula is C18H18FNO. The molecule has 0 aliphatic heterocycles. The van der Waals surface area contributed by atoms with Crippen molar-refractivity contribution in [3.05, 3.63) is 65.6 Å². The SMILES string of the molecule is CCn1cc(COc2ccc(F)cc2)c2cc(C)ccc21. The average molecular weight is 283 g/mol. The minimum atomic E-state index is -0.249. The first kappa shape index (κ1) is 13.7. The van der Waals surface area contributed by atoms with Gasteiger partial charge < -0.3 is 9.30 Å². The number of hydrogen-bond acceptors (Lipinski definition) is 1. The first-order valence-corrected chi connectivity index (χ1v) is 7.14. The molecule has 3 heteroatoms. The number of hydrogen-bond donors (Lipinski definition) is 0. The number of benzene rings is 2. The molecule has 3 aromatic rings. The molecule has 0 spiro atoms. The van der Waals surface area contributed by atoms with Gasteiger partial charge >= 0.3 is 0 Å². The first-order valence-electron chi connectivity index (χ1n) is 7.14. The second-order valence-electron chi connectivity index (χ2n) is 5.20. The molecule has 0 aliphatic rings. The van der Waals surface area contributed by atoms with Crippen molar-refractivity contribution in [2.24, 2.45) is 0 Å². The van der Waals surface area contributed by atoms with E-state index in [-0.39, 0.29) is 5.82 Å². The van der Waals surface area contributed by atoms with Gasteiger partial charge in [-0.1, -0.05) is 11.6 Å². The lowest BCUT2D eigenvalue weighted by molar-refractivity contribution is 0.307. The zero-order valence-corrected chi connectivity index (χ0v) is 12.3. The Hall–Kier alpha value is -2.29. The minimum Gasteiger partial charge on any atom is -0.489 e. The van der Waals surface area contributed by atoms with Crippen LogP contribution in [0.4, 0.5) is 4.39 Å². The number of aromatic nitrogens is 1. The van der Waals surface area contributed by atoms with Crippen molar-refractivity contribution >= 4 is 10.9 Å². The van der Waals surface area contributed by atoms with Gasteiger partial charge in [-0.2, -0.15) is 0 Å². The van der Waals surface area contributed by atoms with Crippen molar-refractivity contribution in [2.45, 2.75) is 27.0 Å². The Morgan fingerprint density at radius 3 is 2.57 bits per heavy atom. The topological polar surface area (TPSA) is 14.2 Å². The maximum atomic E-state index is 12.9. The molecule has 0 unspecified atom stereocenters. The van der Waals surface area contributed by atoms with E-state index >= 15 is 0 Å². The minimum absolute atomic E-state index is 0.249. The third-order valence-electron chi connectivity index (χ3n) is 3.67. The third-order valence-corrected chi connectivity index (χ3v) is 3.67. The number of aryl methyl sites for hydroxylation is 2. The molecule has 2 nitrogen and oxygen atoms in total. The van der Waals surface area contributed by atoms with E-state index in [1.54, 1.807) is 12.1 Å². The standard InChI is InChI=1S/C18H18FNO/c1-3-20-11-14(17-10-13(2)4-9-18(17)20)12-21-16-7-5-15(19)6-8-16/h4-11H,3,12H2,1-2H3. The van der Waals surface area contributed by atoms with E-state index < -0.39 is 0 Å². The monoisotopic (exact) mass is 283 g/mol. The predicted molar refractivity (Wildman–Crippen MR) is 83.1 cm³/mol. The van der Waals surface area contributed by atoms with Gasteiger partial charge in [0.15, 0.2) is 0 Å². The molecule has 0 atom stereocenters. The fourth-order valence-electron chi connectivity index (χ4n) is 2.55. The third kappa shape index (κ3) is 2.77. The summed E-state index contributed by atoms with van der Waals surface area (Å²) in [5, 5.41) is 1.22. The summed E-state index contributed by atoms with van der Waals surface area (Å²) in [7, 11) is 0. The molecule has 0 saturated heterocycles. The lowest BCUT2D eigenvalue weighted by Crippen LogP contribution is -1.95. The molecule has 0 saturated carbocycles. The van der Waals surface area contributed by atoms with Crippen LogP contribution in [0, 0.1) is 12.7 Å². The van der Waals surface area contributed by atoms with Gasteiger partial charge in [-0.25, -0.2) is 4.39 Å². The zero-order valence-electron chi connectivity index (χ0n) is 12.3. The van der Waals surface area contributed by atoms with Crippen molar-refractivity contribution in [2.75, 3.05) is 0 Å². The van der Waals surface area contributed by atoms with E-state index in [2.05, 4.69) is 42.8 Å². The van der Waals surface area contributed by atoms with Crippen molar-refractivity contribution in [3.8, 4) is 5.75 Å². The molecule has 108 valence electrons. The van der Waals surface area contributed by atoms with Gasteiger partial charge in [0.25, 0.3) is 0 Å². The lowest BCUT2D eigenvalue weighted by atomic mass is 10.1. The summed E-state index contributed by atoms with van der Waals surface area (Å²) in [4.78, 5) is 0. The highest BCUT2D eigenvalue weighted by atomic mass is 19.1. The molecule has 0 fully saturated rings. The van der Waals surface area contributed by atoms with E-state index in [0.717, 1.165) is 12.1 Å². The van der Waals surface area contributed by atoms with Crippen LogP contribution in [-0.2, 0) is 13.2 Å². The normalized spacial score (nSPS) is 11.0. The fourth-order valence-corrected chi connectivity index (χ4v) is 2.55. The van der Waals surface area contributed by atoms with Crippen LogP contribution in [0.1, 0.15) is 18.1 Å². The van der Waals surface area contributed by atoms with Gasteiger partial charge in [0, 0.05) is 29.2 Å². The number of halogens is 1. The van der Waals surface area contributed by atoms with Gasteiger partial charge in [-0.3, -0.25) is 0 Å². The van der Waals surface area contributed by atoms with E-state index in [0.29, 0.717) is 12.4 Å². The van der Waals surface area contributed by atoms with E-state index in [1.165, 1.54) is 28.6 Å². The molecular weight excluding hydrogens is 265 g/mol. The largest absolute Gasteiger partial charge is 0.489 e. The Morgan fingerprint density at radius 2 is 1.86 bits per heavy atom. The van der Waals surface area contributed by atoms with Crippen LogP contribution in [0.15, 0.2) is 48.7 Å². The molecule has 0 radical (unpaired) electrons. The summed E-state index contributed by atoms with van der Waals surface area (Å²) in [6, 6.07) is 12.6. The summed E-state index contributed by atoms with van der Waals surface area (Å²) in [5.41, 5.74) is 3.61. The molecule has 0 aliphatic carbocycles. The van der Waals surface area contributed by atoms with E-state index in [4.69, 9.17) is 4.74 Å². The molecule has 3 rings (SSSR count). The Bertz CT molecular complexity index is 759. The first-order chi connectivity index (χ1) is 10.2. The van der Waals surface area contributed by atoms with Crippen LogP contribution >= 0.6 is 0 Å². The Labute approximate surface area is 123 Å². The average Bonchev–Trinajstić information content (AvgIpc) is 2.84. The number of ether oxygens (including phenoxy) is 1. The fraction of sp³-hybridized carbons (Fsp3) is 0.222. The van der Waals surface area contributed by atoms with Gasteiger partial charge in [-0.15, -0.1) is 0 Å². The predicted octanol–water partition coefficient (Wildman–Crippen LogP) is 4.69. The zero-order chi connectivity index (χ0) is 14.8. The molecule has 1 heterocycles. The maximum Gasteiger partial charge on any atom is 0.123 e. The van der Waals surface area contributed by atoms with Crippen LogP contribution in [0.5, 0.6) is 5.75 Å². The van der Waals surface area contributed by atoms with Crippen molar-refractivity contribution in [3.63, 3.8) is 0 Å². The van der Waals surface area contributed by atoms with Gasteiger partial charge in [-0.05, 0) is 50.2 Å². The van der Waals surface area contributed by atoms with Crippen molar-refractivity contribution in [1.29, 1.82) is 0 Å². The highest BCUT2D eigenvalue weighted by Gasteiger charge is 2.08. The molecule has 2 aromatic carbocycles. The molecule has 0 N–H and O–H groups in total. The van der Waals surface area contributed by atoms with Gasteiger partial charge in [0.1, 0.15) is 18.2 Å². The number of fused-ring (bicyclic) bond motifs is 1. The summed E-state index contributed by atoms with van der Waals surface area (Å²) in [5.74, 6) is 0.432. The van der Waals surface area contributed by atoms with Gasteiger partial charge in [0.05, 0.1) is 0 Å². The van der Waals surface area contributed by atoms with Crippen LogP contribution in [-0.4, -0.2) is 4.57 Å². The second kappa shape index (κ2) is 5.60. The molecule has 1 aromatic heterocycles. The highest BCUT2D eigenvalue weighted by Crippen LogP contribution is 2.24. The highest BCUT2D eigenvalue weighted by molar-refractivity contribution is 5.84. The summed E-state index contributed by atoms with van der Waals surface area (Å²) >= 11 is 0. The van der Waals surface area contributed by atoms with E-state index in [1.807, 2.05) is 0 Å². The smallest absolute Gasteiger partial charge is 0.123 e. The lowest BCUT2D eigenvalue weighted by Gasteiger charge is -2.05. The maximum absolute atomic E-state index is 12.9. The molecule has 0 bridgehead atoms. The Morgan fingerprint density at radius 1 is 1.10 bits per heavy atom. The van der Waals surface area contributed by atoms with Crippen LogP contribution in [0.3, 0.4) is 0 Å². The molecule has 21 heavy (non-hydrogen) atoms. The van der Waals surface area contributed by atoms with Gasteiger partial charge in [0.2, 0.25) is 0 Å². The van der Waals surface area contributed by atoms with E-state index in [9.17, 15) is 4.39 Å². The molecule has 0 amide bonds. The quantitative estimate of drug-likeness (QED) is 0.677. The van der Waals surface area contributed by atoms with Crippen LogP contribution in [0.2, 0.25) is 0 Å².